The highest BCUT2D eigenvalue weighted by Gasteiger charge is 2.04. The number of nitrogens with one attached hydrogen (secondary N) is 1. The number of aryl methyl sites for hydroxylation is 1. The minimum absolute atomic E-state index is 0.277. The SMILES string of the molecule is CCCNC(C)CCc1ccc(O)c(F)c1. The maximum atomic E-state index is 13.0. The van der Waals surface area contributed by atoms with Gasteiger partial charge in [-0.1, -0.05) is 13.0 Å². The Balaban J connectivity index is 2.39. The zero-order valence-electron chi connectivity index (χ0n) is 9.96. The van der Waals surface area contributed by atoms with Gasteiger partial charge < -0.3 is 10.4 Å². The number of phenols is 1. The number of rotatable bonds is 6. The van der Waals surface area contributed by atoms with Gasteiger partial charge in [0.25, 0.3) is 0 Å². The number of halogens is 1. The number of hydrogen-bond acceptors (Lipinski definition) is 2. The van der Waals surface area contributed by atoms with Crippen molar-refractivity contribution in [3.63, 3.8) is 0 Å². The normalized spacial score (nSPS) is 12.7. The van der Waals surface area contributed by atoms with Crippen molar-refractivity contribution in [1.29, 1.82) is 0 Å². The van der Waals surface area contributed by atoms with Crippen LogP contribution in [0.5, 0.6) is 5.75 Å². The van der Waals surface area contributed by atoms with Gasteiger partial charge in [-0.05, 0) is 50.4 Å². The lowest BCUT2D eigenvalue weighted by Crippen LogP contribution is -2.27. The molecule has 1 atom stereocenters. The Hall–Kier alpha value is -1.09. The third-order valence-electron chi connectivity index (χ3n) is 2.62. The number of hydrogen-bond donors (Lipinski definition) is 2. The van der Waals surface area contributed by atoms with E-state index in [1.807, 2.05) is 0 Å². The van der Waals surface area contributed by atoms with E-state index in [9.17, 15) is 4.39 Å². The molecule has 1 unspecified atom stereocenters. The van der Waals surface area contributed by atoms with Gasteiger partial charge in [0.15, 0.2) is 11.6 Å². The predicted molar refractivity (Wildman–Crippen MR) is 64.1 cm³/mol. The molecular weight excluding hydrogens is 205 g/mol. The van der Waals surface area contributed by atoms with Crippen LogP contribution in [0.1, 0.15) is 32.3 Å². The first-order chi connectivity index (χ1) is 7.63. The minimum Gasteiger partial charge on any atom is -0.505 e. The van der Waals surface area contributed by atoms with Gasteiger partial charge in [-0.2, -0.15) is 0 Å². The molecule has 16 heavy (non-hydrogen) atoms. The molecule has 2 nitrogen and oxygen atoms in total. The monoisotopic (exact) mass is 225 g/mol. The first-order valence-electron chi connectivity index (χ1n) is 5.84. The maximum Gasteiger partial charge on any atom is 0.165 e. The van der Waals surface area contributed by atoms with E-state index < -0.39 is 5.82 Å². The summed E-state index contributed by atoms with van der Waals surface area (Å²) >= 11 is 0. The van der Waals surface area contributed by atoms with Crippen molar-refractivity contribution < 1.29 is 9.50 Å². The molecular formula is C13H20FNO. The number of phenolic OH excluding ortho intramolecular Hbond substituents is 1. The van der Waals surface area contributed by atoms with Gasteiger partial charge in [0, 0.05) is 6.04 Å². The van der Waals surface area contributed by atoms with Crippen molar-refractivity contribution in [2.45, 2.75) is 39.2 Å². The van der Waals surface area contributed by atoms with Crippen LogP contribution in [-0.2, 0) is 6.42 Å². The van der Waals surface area contributed by atoms with Crippen LogP contribution in [0.4, 0.5) is 4.39 Å². The summed E-state index contributed by atoms with van der Waals surface area (Å²) in [4.78, 5) is 0. The molecule has 0 bridgehead atoms. The molecule has 1 rings (SSSR count). The largest absolute Gasteiger partial charge is 0.505 e. The summed E-state index contributed by atoms with van der Waals surface area (Å²) in [6.07, 6.45) is 2.93. The fourth-order valence-corrected chi connectivity index (χ4v) is 1.58. The molecule has 0 aliphatic rings. The van der Waals surface area contributed by atoms with Crippen molar-refractivity contribution in [3.05, 3.63) is 29.6 Å². The van der Waals surface area contributed by atoms with Crippen molar-refractivity contribution in [3.8, 4) is 5.75 Å². The fourth-order valence-electron chi connectivity index (χ4n) is 1.58. The Morgan fingerprint density at radius 1 is 1.44 bits per heavy atom. The van der Waals surface area contributed by atoms with E-state index in [0.717, 1.165) is 31.4 Å². The van der Waals surface area contributed by atoms with Crippen molar-refractivity contribution >= 4 is 0 Å². The van der Waals surface area contributed by atoms with Crippen LogP contribution in [-0.4, -0.2) is 17.7 Å². The Kier molecular flexibility index (Phi) is 5.26. The molecule has 0 spiro atoms. The van der Waals surface area contributed by atoms with E-state index in [-0.39, 0.29) is 5.75 Å². The van der Waals surface area contributed by atoms with E-state index in [2.05, 4.69) is 19.2 Å². The number of benzene rings is 1. The summed E-state index contributed by atoms with van der Waals surface area (Å²) < 4.78 is 13.0. The van der Waals surface area contributed by atoms with E-state index in [1.54, 1.807) is 6.07 Å². The fraction of sp³-hybridized carbons (Fsp3) is 0.538. The van der Waals surface area contributed by atoms with Gasteiger partial charge in [-0.15, -0.1) is 0 Å². The molecule has 0 aliphatic heterocycles. The summed E-state index contributed by atoms with van der Waals surface area (Å²) in [7, 11) is 0. The molecule has 0 amide bonds. The molecule has 0 aromatic heterocycles. The van der Waals surface area contributed by atoms with E-state index in [0.29, 0.717) is 6.04 Å². The Bertz CT molecular complexity index is 328. The molecule has 3 heteroatoms. The summed E-state index contributed by atoms with van der Waals surface area (Å²) in [6, 6.07) is 5.03. The molecule has 1 aromatic carbocycles. The maximum absolute atomic E-state index is 13.0. The second-order valence-electron chi connectivity index (χ2n) is 4.18. The van der Waals surface area contributed by atoms with Crippen LogP contribution in [0, 0.1) is 5.82 Å². The molecule has 0 fully saturated rings. The van der Waals surface area contributed by atoms with Gasteiger partial charge in [0.05, 0.1) is 0 Å². The Labute approximate surface area is 96.5 Å². The first-order valence-corrected chi connectivity index (χ1v) is 5.84. The Morgan fingerprint density at radius 3 is 2.81 bits per heavy atom. The van der Waals surface area contributed by atoms with Crippen LogP contribution in [0.15, 0.2) is 18.2 Å². The Morgan fingerprint density at radius 2 is 2.19 bits per heavy atom. The molecule has 0 saturated heterocycles. The third kappa shape index (κ3) is 4.19. The van der Waals surface area contributed by atoms with E-state index in [1.165, 1.54) is 12.1 Å². The summed E-state index contributed by atoms with van der Waals surface area (Å²) in [6.45, 7) is 5.28. The zero-order valence-corrected chi connectivity index (χ0v) is 9.96. The lowest BCUT2D eigenvalue weighted by molar-refractivity contribution is 0.431. The second kappa shape index (κ2) is 6.48. The molecule has 0 radical (unpaired) electrons. The van der Waals surface area contributed by atoms with Crippen LogP contribution in [0.25, 0.3) is 0 Å². The zero-order chi connectivity index (χ0) is 12.0. The lowest BCUT2D eigenvalue weighted by atomic mass is 10.1. The van der Waals surface area contributed by atoms with E-state index in [4.69, 9.17) is 5.11 Å². The van der Waals surface area contributed by atoms with Gasteiger partial charge in [-0.3, -0.25) is 0 Å². The van der Waals surface area contributed by atoms with Crippen molar-refractivity contribution in [1.82, 2.24) is 5.32 Å². The van der Waals surface area contributed by atoms with Gasteiger partial charge >= 0.3 is 0 Å². The van der Waals surface area contributed by atoms with Crippen LogP contribution in [0.3, 0.4) is 0 Å². The number of aromatic hydroxyl groups is 1. The van der Waals surface area contributed by atoms with E-state index >= 15 is 0 Å². The molecule has 1 aromatic rings. The highest BCUT2D eigenvalue weighted by molar-refractivity contribution is 5.28. The first kappa shape index (κ1) is 13.0. The molecule has 90 valence electrons. The van der Waals surface area contributed by atoms with Crippen LogP contribution >= 0.6 is 0 Å². The molecule has 0 heterocycles. The molecule has 0 aliphatic carbocycles. The minimum atomic E-state index is -0.535. The third-order valence-corrected chi connectivity index (χ3v) is 2.62. The quantitative estimate of drug-likeness (QED) is 0.780. The van der Waals surface area contributed by atoms with Crippen molar-refractivity contribution in [2.75, 3.05) is 6.54 Å². The topological polar surface area (TPSA) is 32.3 Å². The summed E-state index contributed by atoms with van der Waals surface area (Å²) in [5.74, 6) is -0.812. The highest BCUT2D eigenvalue weighted by Crippen LogP contribution is 2.17. The molecule has 0 saturated carbocycles. The van der Waals surface area contributed by atoms with Gasteiger partial charge in [-0.25, -0.2) is 4.39 Å². The van der Waals surface area contributed by atoms with Crippen LogP contribution < -0.4 is 5.32 Å². The predicted octanol–water partition coefficient (Wildman–Crippen LogP) is 2.85. The highest BCUT2D eigenvalue weighted by atomic mass is 19.1. The standard InChI is InChI=1S/C13H20FNO/c1-3-8-15-10(2)4-5-11-6-7-13(16)12(14)9-11/h6-7,9-10,15-16H,3-5,8H2,1-2H3. The molecule has 2 N–H and O–H groups in total. The smallest absolute Gasteiger partial charge is 0.165 e. The average molecular weight is 225 g/mol. The van der Waals surface area contributed by atoms with Crippen molar-refractivity contribution in [2.24, 2.45) is 0 Å². The van der Waals surface area contributed by atoms with Gasteiger partial charge in [0.2, 0.25) is 0 Å². The second-order valence-corrected chi connectivity index (χ2v) is 4.18. The summed E-state index contributed by atoms with van der Waals surface area (Å²) in [5, 5.41) is 12.4. The summed E-state index contributed by atoms with van der Waals surface area (Å²) in [5.41, 5.74) is 0.931. The van der Waals surface area contributed by atoms with Gasteiger partial charge in [0.1, 0.15) is 0 Å². The average Bonchev–Trinajstić information content (AvgIpc) is 2.28. The lowest BCUT2D eigenvalue weighted by Gasteiger charge is -2.12. The van der Waals surface area contributed by atoms with Crippen LogP contribution in [0.2, 0.25) is 0 Å².